The van der Waals surface area contributed by atoms with Gasteiger partial charge in [-0.1, -0.05) is 37.3 Å². The van der Waals surface area contributed by atoms with E-state index < -0.39 is 0 Å². The zero-order valence-corrected chi connectivity index (χ0v) is 12.6. The third kappa shape index (κ3) is 4.58. The lowest BCUT2D eigenvalue weighted by molar-refractivity contribution is 0.248. The van der Waals surface area contributed by atoms with Crippen LogP contribution < -0.4 is 5.32 Å². The van der Waals surface area contributed by atoms with Crippen LogP contribution in [-0.4, -0.2) is 42.8 Å². The molecule has 2 N–H and O–H groups in total. The summed E-state index contributed by atoms with van der Waals surface area (Å²) in [5.74, 6) is 0.703. The molecular formula is C17H28N2O. The number of hydrogen-bond donors (Lipinski definition) is 2. The molecule has 1 aromatic rings. The van der Waals surface area contributed by atoms with Gasteiger partial charge in [0.25, 0.3) is 0 Å². The topological polar surface area (TPSA) is 35.5 Å². The minimum Gasteiger partial charge on any atom is -0.396 e. The Labute approximate surface area is 123 Å². The largest absolute Gasteiger partial charge is 0.396 e. The van der Waals surface area contributed by atoms with Gasteiger partial charge in [-0.05, 0) is 50.4 Å². The van der Waals surface area contributed by atoms with Crippen LogP contribution in [0.4, 0.5) is 0 Å². The van der Waals surface area contributed by atoms with Crippen molar-refractivity contribution in [3.8, 4) is 0 Å². The molecule has 1 aliphatic rings. The molecule has 0 spiro atoms. The van der Waals surface area contributed by atoms with Crippen LogP contribution in [0.1, 0.15) is 37.8 Å². The molecule has 0 bridgehead atoms. The highest BCUT2D eigenvalue weighted by Gasteiger charge is 2.22. The maximum atomic E-state index is 9.02. The third-order valence-electron chi connectivity index (χ3n) is 4.29. The SMILES string of the molecule is CCNC(CCN1CCC(CCO)C1)c1ccccc1. The number of nitrogens with zero attached hydrogens (tertiary/aromatic N) is 1. The molecule has 2 rings (SSSR count). The maximum Gasteiger partial charge on any atom is 0.0434 e. The van der Waals surface area contributed by atoms with E-state index in [0.29, 0.717) is 18.6 Å². The van der Waals surface area contributed by atoms with Gasteiger partial charge in [-0.15, -0.1) is 0 Å². The molecular weight excluding hydrogens is 248 g/mol. The Hall–Kier alpha value is -0.900. The molecule has 1 fully saturated rings. The molecule has 3 heteroatoms. The Kier molecular flexibility index (Phi) is 6.51. The van der Waals surface area contributed by atoms with Gasteiger partial charge < -0.3 is 15.3 Å². The third-order valence-corrected chi connectivity index (χ3v) is 4.29. The summed E-state index contributed by atoms with van der Waals surface area (Å²) >= 11 is 0. The Morgan fingerprint density at radius 3 is 2.85 bits per heavy atom. The van der Waals surface area contributed by atoms with Crippen molar-refractivity contribution in [3.05, 3.63) is 35.9 Å². The fourth-order valence-corrected chi connectivity index (χ4v) is 3.16. The number of benzene rings is 1. The summed E-state index contributed by atoms with van der Waals surface area (Å²) in [6, 6.07) is 11.2. The first-order valence-corrected chi connectivity index (χ1v) is 7.95. The van der Waals surface area contributed by atoms with Crippen molar-refractivity contribution in [2.45, 2.75) is 32.2 Å². The molecule has 0 saturated carbocycles. The lowest BCUT2D eigenvalue weighted by Gasteiger charge is -2.22. The average Bonchev–Trinajstić information content (AvgIpc) is 2.92. The van der Waals surface area contributed by atoms with Crippen LogP contribution in [0.25, 0.3) is 0 Å². The number of rotatable bonds is 8. The lowest BCUT2D eigenvalue weighted by atomic mass is 10.0. The number of nitrogens with one attached hydrogen (secondary N) is 1. The zero-order chi connectivity index (χ0) is 14.2. The highest BCUT2D eigenvalue weighted by atomic mass is 16.3. The van der Waals surface area contributed by atoms with Crippen LogP contribution in [0.3, 0.4) is 0 Å². The first kappa shape index (κ1) is 15.5. The molecule has 1 aromatic carbocycles. The zero-order valence-electron chi connectivity index (χ0n) is 12.6. The summed E-state index contributed by atoms with van der Waals surface area (Å²) in [5.41, 5.74) is 1.39. The quantitative estimate of drug-likeness (QED) is 0.765. The summed E-state index contributed by atoms with van der Waals surface area (Å²) in [6.45, 7) is 7.01. The first-order chi connectivity index (χ1) is 9.83. The maximum absolute atomic E-state index is 9.02. The number of likely N-dealkylation sites (tertiary alicyclic amines) is 1. The van der Waals surface area contributed by atoms with Gasteiger partial charge in [-0.3, -0.25) is 0 Å². The van der Waals surface area contributed by atoms with Crippen molar-refractivity contribution in [3.63, 3.8) is 0 Å². The predicted molar refractivity (Wildman–Crippen MR) is 83.7 cm³/mol. The molecule has 0 amide bonds. The van der Waals surface area contributed by atoms with Crippen LogP contribution >= 0.6 is 0 Å². The lowest BCUT2D eigenvalue weighted by Crippen LogP contribution is -2.28. The van der Waals surface area contributed by atoms with Crippen molar-refractivity contribution in [2.24, 2.45) is 5.92 Å². The van der Waals surface area contributed by atoms with Crippen LogP contribution in [0, 0.1) is 5.92 Å². The molecule has 2 atom stereocenters. The smallest absolute Gasteiger partial charge is 0.0434 e. The number of aliphatic hydroxyl groups excluding tert-OH is 1. The van der Waals surface area contributed by atoms with Gasteiger partial charge in [-0.2, -0.15) is 0 Å². The summed E-state index contributed by atoms with van der Waals surface area (Å²) in [7, 11) is 0. The van der Waals surface area contributed by atoms with Gasteiger partial charge in [0.05, 0.1) is 0 Å². The molecule has 1 heterocycles. The van der Waals surface area contributed by atoms with Crippen molar-refractivity contribution in [2.75, 3.05) is 32.8 Å². The summed E-state index contributed by atoms with van der Waals surface area (Å²) < 4.78 is 0. The molecule has 0 aromatic heterocycles. The van der Waals surface area contributed by atoms with Crippen molar-refractivity contribution < 1.29 is 5.11 Å². The fraction of sp³-hybridized carbons (Fsp3) is 0.647. The standard InChI is InChI=1S/C17H28N2O/c1-2-18-17(16-6-4-3-5-7-16)9-12-19-11-8-15(14-19)10-13-20/h3-7,15,17-18,20H,2,8-14H2,1H3. The van der Waals surface area contributed by atoms with E-state index in [9.17, 15) is 0 Å². The minimum atomic E-state index is 0.336. The summed E-state index contributed by atoms with van der Waals surface area (Å²) in [4.78, 5) is 2.55. The van der Waals surface area contributed by atoms with Crippen LogP contribution in [-0.2, 0) is 0 Å². The Balaban J connectivity index is 1.81. The van der Waals surface area contributed by atoms with E-state index in [1.54, 1.807) is 0 Å². The van der Waals surface area contributed by atoms with Crippen molar-refractivity contribution in [1.82, 2.24) is 10.2 Å². The van der Waals surface area contributed by atoms with E-state index in [2.05, 4.69) is 47.5 Å². The van der Waals surface area contributed by atoms with Crippen LogP contribution in [0.15, 0.2) is 30.3 Å². The van der Waals surface area contributed by atoms with E-state index in [0.717, 1.165) is 32.5 Å². The first-order valence-electron chi connectivity index (χ1n) is 7.95. The Bertz CT molecular complexity index is 369. The normalized spacial score (nSPS) is 21.2. The van der Waals surface area contributed by atoms with E-state index in [-0.39, 0.29) is 0 Å². The monoisotopic (exact) mass is 276 g/mol. The average molecular weight is 276 g/mol. The second-order valence-electron chi connectivity index (χ2n) is 5.78. The van der Waals surface area contributed by atoms with Gasteiger partial charge in [0.15, 0.2) is 0 Å². The van der Waals surface area contributed by atoms with Crippen LogP contribution in [0.5, 0.6) is 0 Å². The predicted octanol–water partition coefficient (Wildman–Crippen LogP) is 2.43. The molecule has 3 nitrogen and oxygen atoms in total. The second-order valence-corrected chi connectivity index (χ2v) is 5.78. The molecule has 0 aliphatic carbocycles. The Morgan fingerprint density at radius 1 is 1.35 bits per heavy atom. The second kappa shape index (κ2) is 8.40. The fourth-order valence-electron chi connectivity index (χ4n) is 3.16. The number of hydrogen-bond acceptors (Lipinski definition) is 3. The van der Waals surface area contributed by atoms with Gasteiger partial charge in [-0.25, -0.2) is 0 Å². The van der Waals surface area contributed by atoms with E-state index in [1.165, 1.54) is 18.5 Å². The van der Waals surface area contributed by atoms with Gasteiger partial charge >= 0.3 is 0 Å². The van der Waals surface area contributed by atoms with Gasteiger partial charge in [0.2, 0.25) is 0 Å². The summed E-state index contributed by atoms with van der Waals surface area (Å²) in [5, 5.41) is 12.6. The number of aliphatic hydroxyl groups is 1. The minimum absolute atomic E-state index is 0.336. The van der Waals surface area contributed by atoms with E-state index in [1.807, 2.05) is 0 Å². The molecule has 2 unspecified atom stereocenters. The highest BCUT2D eigenvalue weighted by molar-refractivity contribution is 5.18. The molecule has 0 radical (unpaired) electrons. The molecule has 20 heavy (non-hydrogen) atoms. The van der Waals surface area contributed by atoms with Gasteiger partial charge in [0.1, 0.15) is 0 Å². The van der Waals surface area contributed by atoms with E-state index in [4.69, 9.17) is 5.11 Å². The van der Waals surface area contributed by atoms with E-state index >= 15 is 0 Å². The van der Waals surface area contributed by atoms with Crippen molar-refractivity contribution in [1.29, 1.82) is 0 Å². The Morgan fingerprint density at radius 2 is 2.15 bits per heavy atom. The van der Waals surface area contributed by atoms with Crippen LogP contribution in [0.2, 0.25) is 0 Å². The highest BCUT2D eigenvalue weighted by Crippen LogP contribution is 2.22. The van der Waals surface area contributed by atoms with Gasteiger partial charge in [0, 0.05) is 19.2 Å². The summed E-state index contributed by atoms with van der Waals surface area (Å²) in [6.07, 6.45) is 3.37. The van der Waals surface area contributed by atoms with Crippen molar-refractivity contribution >= 4 is 0 Å². The molecule has 1 saturated heterocycles. The molecule has 112 valence electrons. The molecule has 1 aliphatic heterocycles.